The lowest BCUT2D eigenvalue weighted by atomic mass is 10.1. The average molecular weight is 625 g/mol. The summed E-state index contributed by atoms with van der Waals surface area (Å²) in [5.41, 5.74) is 3.24. The van der Waals surface area contributed by atoms with Gasteiger partial charge in [0.25, 0.3) is 11.1 Å². The van der Waals surface area contributed by atoms with Gasteiger partial charge in [0.15, 0.2) is 0 Å². The third kappa shape index (κ3) is 6.65. The smallest absolute Gasteiger partial charge is 0.409 e. The maximum atomic E-state index is 13.8. The zero-order valence-electron chi connectivity index (χ0n) is 22.4. The fourth-order valence-electron chi connectivity index (χ4n) is 4.91. The van der Waals surface area contributed by atoms with Crippen molar-refractivity contribution < 1.29 is 27.9 Å². The van der Waals surface area contributed by atoms with Gasteiger partial charge < -0.3 is 10.4 Å². The lowest BCUT2D eigenvalue weighted by Gasteiger charge is -2.25. The van der Waals surface area contributed by atoms with Crippen LogP contribution in [0, 0.1) is 0 Å². The second-order valence-electron chi connectivity index (χ2n) is 9.68. The van der Waals surface area contributed by atoms with E-state index in [0.29, 0.717) is 29.9 Å². The van der Waals surface area contributed by atoms with Crippen molar-refractivity contribution in [3.05, 3.63) is 83.3 Å². The molecule has 0 unspecified atom stereocenters. The van der Waals surface area contributed by atoms with E-state index in [0.717, 1.165) is 22.9 Å². The minimum Gasteiger partial charge on any atom is -0.465 e. The summed E-state index contributed by atoms with van der Waals surface area (Å²) in [5, 5.41) is 16.6. The van der Waals surface area contributed by atoms with Crippen molar-refractivity contribution in [1.82, 2.24) is 9.62 Å². The number of hydrogen-bond donors (Lipinski definition) is 4. The predicted molar refractivity (Wildman–Crippen MR) is 167 cm³/mol. The van der Waals surface area contributed by atoms with Gasteiger partial charge in [-0.15, -0.1) is 0 Å². The Labute approximate surface area is 252 Å². The van der Waals surface area contributed by atoms with Crippen molar-refractivity contribution in [2.75, 3.05) is 30.0 Å². The maximum absolute atomic E-state index is 13.8. The molecule has 4 N–H and O–H groups in total. The standard InChI is InChI=1S/C29H28N4O6S3/c1-40-23-15-22(33(17-23)42(38,39)24-11-8-19(9-12-24)18-5-3-2-4-6-18)16-30-25-14-21(31-28(35)36)10-7-20(25)13-26-27(34)32-29(37)41-26/h2-14,22-23,30-31H,15-17H2,1H3,(H,35,36)(H,32,34,37)/b26-13-/t22-,23-/m0/s1. The fourth-order valence-corrected chi connectivity index (χ4v) is 8.08. The SMILES string of the molecule is CS[C@H]1C[C@@H](CNc2cc(NC(=O)O)ccc2/C=C2\SC(=O)NC2=O)N(S(=O)(=O)c2ccc(-c3ccccc3)cc2)C1. The van der Waals surface area contributed by atoms with E-state index in [-0.39, 0.29) is 27.6 Å². The molecule has 2 heterocycles. The molecular formula is C29H28N4O6S3. The van der Waals surface area contributed by atoms with Crippen LogP contribution in [0.1, 0.15) is 12.0 Å². The highest BCUT2D eigenvalue weighted by Crippen LogP contribution is 2.34. The lowest BCUT2D eigenvalue weighted by molar-refractivity contribution is -0.115. The van der Waals surface area contributed by atoms with Crippen molar-refractivity contribution in [2.24, 2.45) is 0 Å². The lowest BCUT2D eigenvalue weighted by Crippen LogP contribution is -2.39. The summed E-state index contributed by atoms with van der Waals surface area (Å²) in [5.74, 6) is -0.516. The minimum absolute atomic E-state index is 0.0985. The molecule has 2 aliphatic rings. The molecule has 13 heteroatoms. The number of rotatable bonds is 9. The molecule has 3 aromatic carbocycles. The molecule has 10 nitrogen and oxygen atoms in total. The van der Waals surface area contributed by atoms with Crippen LogP contribution in [0.15, 0.2) is 82.6 Å². The van der Waals surface area contributed by atoms with Crippen molar-refractivity contribution in [3.63, 3.8) is 0 Å². The number of carbonyl (C=O) groups excluding carboxylic acids is 2. The Morgan fingerprint density at radius 1 is 1.10 bits per heavy atom. The summed E-state index contributed by atoms with van der Waals surface area (Å²) in [6.07, 6.45) is 2.88. The fraction of sp³-hybridized carbons (Fsp3) is 0.207. The van der Waals surface area contributed by atoms with Gasteiger partial charge in [-0.05, 0) is 71.5 Å². The Kier molecular flexibility index (Phi) is 8.92. The summed E-state index contributed by atoms with van der Waals surface area (Å²) in [4.78, 5) is 35.4. The molecule has 2 saturated heterocycles. The van der Waals surface area contributed by atoms with Crippen LogP contribution in [0.4, 0.5) is 21.0 Å². The normalized spacial score (nSPS) is 20.1. The average Bonchev–Trinajstić information content (AvgIpc) is 3.55. The number of thioether (sulfide) groups is 2. The van der Waals surface area contributed by atoms with Crippen molar-refractivity contribution in [1.29, 1.82) is 0 Å². The topological polar surface area (TPSA) is 145 Å². The number of hydrogen-bond acceptors (Lipinski definition) is 8. The number of nitrogens with zero attached hydrogens (tertiary/aromatic N) is 1. The molecular weight excluding hydrogens is 597 g/mol. The molecule has 2 aliphatic heterocycles. The summed E-state index contributed by atoms with van der Waals surface area (Å²) in [6.45, 7) is 0.593. The monoisotopic (exact) mass is 624 g/mol. The number of imide groups is 1. The van der Waals surface area contributed by atoms with Crippen LogP contribution in [0.25, 0.3) is 17.2 Å². The van der Waals surface area contributed by atoms with Crippen LogP contribution in [-0.2, 0) is 14.8 Å². The highest BCUT2D eigenvalue weighted by Gasteiger charge is 2.40. The Bertz CT molecular complexity index is 1650. The number of amides is 3. The zero-order valence-corrected chi connectivity index (χ0v) is 24.9. The van der Waals surface area contributed by atoms with E-state index in [1.54, 1.807) is 60.3 Å². The van der Waals surface area contributed by atoms with Crippen LogP contribution in [-0.4, -0.2) is 65.7 Å². The summed E-state index contributed by atoms with van der Waals surface area (Å²) in [7, 11) is -3.82. The molecule has 218 valence electrons. The van der Waals surface area contributed by atoms with Gasteiger partial charge in [0, 0.05) is 35.8 Å². The van der Waals surface area contributed by atoms with E-state index < -0.39 is 27.3 Å². The first-order valence-electron chi connectivity index (χ1n) is 13.0. The molecule has 0 bridgehead atoms. The van der Waals surface area contributed by atoms with Gasteiger partial charge in [-0.25, -0.2) is 13.2 Å². The van der Waals surface area contributed by atoms with E-state index in [9.17, 15) is 27.9 Å². The van der Waals surface area contributed by atoms with Gasteiger partial charge >= 0.3 is 6.09 Å². The molecule has 0 aromatic heterocycles. The third-order valence-corrected chi connectivity index (χ3v) is 10.7. The highest BCUT2D eigenvalue weighted by atomic mass is 32.2. The van der Waals surface area contributed by atoms with Gasteiger partial charge in [-0.1, -0.05) is 48.5 Å². The van der Waals surface area contributed by atoms with E-state index in [2.05, 4.69) is 16.0 Å². The molecule has 0 spiro atoms. The number of carbonyl (C=O) groups is 3. The molecule has 3 aromatic rings. The van der Waals surface area contributed by atoms with Crippen LogP contribution in [0.5, 0.6) is 0 Å². The van der Waals surface area contributed by atoms with Crippen molar-refractivity contribution in [3.8, 4) is 11.1 Å². The second-order valence-corrected chi connectivity index (χ2v) is 13.7. The van der Waals surface area contributed by atoms with Gasteiger partial charge in [0.1, 0.15) is 0 Å². The van der Waals surface area contributed by atoms with Crippen molar-refractivity contribution in [2.45, 2.75) is 22.6 Å². The van der Waals surface area contributed by atoms with E-state index in [1.807, 2.05) is 36.6 Å². The van der Waals surface area contributed by atoms with Crippen LogP contribution < -0.4 is 16.0 Å². The van der Waals surface area contributed by atoms with Crippen LogP contribution in [0.2, 0.25) is 0 Å². The molecule has 5 rings (SSSR count). The summed E-state index contributed by atoms with van der Waals surface area (Å²) >= 11 is 2.38. The molecule has 42 heavy (non-hydrogen) atoms. The summed E-state index contributed by atoms with van der Waals surface area (Å²) < 4.78 is 29.2. The number of carboxylic acid groups (broad SMARTS) is 1. The van der Waals surface area contributed by atoms with Gasteiger partial charge in [-0.3, -0.25) is 20.2 Å². The first-order valence-corrected chi connectivity index (χ1v) is 16.5. The molecule has 0 saturated carbocycles. The van der Waals surface area contributed by atoms with E-state index in [1.165, 1.54) is 4.31 Å². The molecule has 3 amide bonds. The van der Waals surface area contributed by atoms with Crippen molar-refractivity contribution >= 4 is 68.2 Å². The largest absolute Gasteiger partial charge is 0.465 e. The Hall–Kier alpha value is -3.78. The Balaban J connectivity index is 1.40. The minimum atomic E-state index is -3.82. The molecule has 2 atom stereocenters. The third-order valence-electron chi connectivity index (χ3n) is 6.99. The zero-order chi connectivity index (χ0) is 29.9. The number of anilines is 2. The number of benzene rings is 3. The van der Waals surface area contributed by atoms with Gasteiger partial charge in [0.05, 0.1) is 9.80 Å². The van der Waals surface area contributed by atoms with Gasteiger partial charge in [0.2, 0.25) is 10.0 Å². The maximum Gasteiger partial charge on any atom is 0.409 e. The summed E-state index contributed by atoms with van der Waals surface area (Å²) in [6, 6.07) is 20.9. The quantitative estimate of drug-likeness (QED) is 0.231. The number of nitrogens with one attached hydrogen (secondary N) is 3. The van der Waals surface area contributed by atoms with Crippen LogP contribution in [0.3, 0.4) is 0 Å². The van der Waals surface area contributed by atoms with E-state index in [4.69, 9.17) is 0 Å². The van der Waals surface area contributed by atoms with Crippen LogP contribution >= 0.6 is 23.5 Å². The first kappa shape index (κ1) is 29.7. The highest BCUT2D eigenvalue weighted by molar-refractivity contribution is 8.18. The Morgan fingerprint density at radius 2 is 1.81 bits per heavy atom. The predicted octanol–water partition coefficient (Wildman–Crippen LogP) is 5.37. The molecule has 0 radical (unpaired) electrons. The molecule has 2 fully saturated rings. The molecule has 0 aliphatic carbocycles. The Morgan fingerprint density at radius 3 is 2.45 bits per heavy atom. The van der Waals surface area contributed by atoms with E-state index >= 15 is 0 Å². The first-order chi connectivity index (χ1) is 20.1. The number of sulfonamides is 1. The second kappa shape index (κ2) is 12.6. The van der Waals surface area contributed by atoms with Gasteiger partial charge in [-0.2, -0.15) is 16.1 Å².